The average molecular weight is 449 g/mol. The van der Waals surface area contributed by atoms with Gasteiger partial charge in [0.15, 0.2) is 5.84 Å². The van der Waals surface area contributed by atoms with Crippen molar-refractivity contribution < 1.29 is 23.9 Å². The molecule has 2 rings (SSSR count). The SMILES string of the molecule is CCOC(=O)CO/N=C(\N)[C@H](Cc1ccc(OC)cc1)NC(=O)Nc1ccc(Cl)cc1. The van der Waals surface area contributed by atoms with Gasteiger partial charge in [0.1, 0.15) is 5.75 Å². The highest BCUT2D eigenvalue weighted by Crippen LogP contribution is 2.14. The number of nitrogens with zero attached hydrogens (tertiary/aromatic N) is 1. The van der Waals surface area contributed by atoms with Gasteiger partial charge in [0.2, 0.25) is 6.61 Å². The second-order valence-electron chi connectivity index (χ2n) is 6.30. The fraction of sp³-hybridized carbons (Fsp3) is 0.286. The van der Waals surface area contributed by atoms with Crippen LogP contribution in [0.3, 0.4) is 0 Å². The topological polar surface area (TPSA) is 124 Å². The summed E-state index contributed by atoms with van der Waals surface area (Å²) in [6.07, 6.45) is 0.329. The maximum absolute atomic E-state index is 12.5. The predicted molar refractivity (Wildman–Crippen MR) is 118 cm³/mol. The number of hydrogen-bond donors (Lipinski definition) is 3. The van der Waals surface area contributed by atoms with Gasteiger partial charge < -0.3 is 30.7 Å². The molecule has 0 aliphatic heterocycles. The van der Waals surface area contributed by atoms with Gasteiger partial charge in [0, 0.05) is 17.1 Å². The Morgan fingerprint density at radius 1 is 1.13 bits per heavy atom. The number of methoxy groups -OCH3 is 1. The molecule has 0 bridgehead atoms. The van der Waals surface area contributed by atoms with E-state index in [9.17, 15) is 9.59 Å². The minimum absolute atomic E-state index is 0.00799. The van der Waals surface area contributed by atoms with Crippen LogP contribution >= 0.6 is 11.6 Å². The molecule has 0 saturated carbocycles. The fourth-order valence-electron chi connectivity index (χ4n) is 2.51. The molecule has 0 saturated heterocycles. The molecule has 0 radical (unpaired) electrons. The number of nitrogens with one attached hydrogen (secondary N) is 2. The molecule has 2 aromatic rings. The van der Waals surface area contributed by atoms with Gasteiger partial charge in [-0.2, -0.15) is 0 Å². The lowest BCUT2D eigenvalue weighted by atomic mass is 10.1. The number of carbonyl (C=O) groups is 2. The first-order valence-corrected chi connectivity index (χ1v) is 9.86. The van der Waals surface area contributed by atoms with Crippen molar-refractivity contribution in [2.24, 2.45) is 10.9 Å². The molecule has 0 heterocycles. The van der Waals surface area contributed by atoms with Gasteiger partial charge in [-0.3, -0.25) is 0 Å². The highest BCUT2D eigenvalue weighted by atomic mass is 35.5. The van der Waals surface area contributed by atoms with E-state index in [1.807, 2.05) is 12.1 Å². The van der Waals surface area contributed by atoms with Gasteiger partial charge >= 0.3 is 12.0 Å². The van der Waals surface area contributed by atoms with Crippen LogP contribution in [0.4, 0.5) is 10.5 Å². The van der Waals surface area contributed by atoms with Crippen LogP contribution in [0.1, 0.15) is 12.5 Å². The second-order valence-corrected chi connectivity index (χ2v) is 6.74. The van der Waals surface area contributed by atoms with Crippen molar-refractivity contribution in [3.8, 4) is 5.75 Å². The number of amidine groups is 1. The molecular weight excluding hydrogens is 424 g/mol. The molecule has 9 nitrogen and oxygen atoms in total. The summed E-state index contributed by atoms with van der Waals surface area (Å²) in [6, 6.07) is 12.7. The lowest BCUT2D eigenvalue weighted by Crippen LogP contribution is -2.47. The Morgan fingerprint density at radius 3 is 2.42 bits per heavy atom. The monoisotopic (exact) mass is 448 g/mol. The number of halogens is 1. The third kappa shape index (κ3) is 8.43. The number of oxime groups is 1. The van der Waals surface area contributed by atoms with Gasteiger partial charge in [-0.1, -0.05) is 28.9 Å². The Kier molecular flexibility index (Phi) is 9.44. The Bertz CT molecular complexity index is 888. The molecule has 0 aromatic heterocycles. The Labute approximate surface area is 185 Å². The molecule has 0 aliphatic carbocycles. The van der Waals surface area contributed by atoms with Crippen molar-refractivity contribution in [2.75, 3.05) is 25.6 Å². The van der Waals surface area contributed by atoms with Gasteiger partial charge in [0.25, 0.3) is 0 Å². The van der Waals surface area contributed by atoms with E-state index in [0.29, 0.717) is 22.9 Å². The zero-order valence-electron chi connectivity index (χ0n) is 17.3. The summed E-state index contributed by atoms with van der Waals surface area (Å²) < 4.78 is 9.92. The number of esters is 1. The minimum atomic E-state index is -0.706. The first-order valence-electron chi connectivity index (χ1n) is 9.48. The lowest BCUT2D eigenvalue weighted by Gasteiger charge is -2.19. The first kappa shape index (κ1) is 23.8. The molecule has 0 fully saturated rings. The lowest BCUT2D eigenvalue weighted by molar-refractivity contribution is -0.148. The number of anilines is 1. The highest BCUT2D eigenvalue weighted by molar-refractivity contribution is 6.30. The highest BCUT2D eigenvalue weighted by Gasteiger charge is 2.18. The summed E-state index contributed by atoms with van der Waals surface area (Å²) in [7, 11) is 1.58. The van der Waals surface area contributed by atoms with Crippen LogP contribution in [0.2, 0.25) is 5.02 Å². The predicted octanol–water partition coefficient (Wildman–Crippen LogP) is 2.93. The van der Waals surface area contributed by atoms with E-state index < -0.39 is 18.0 Å². The third-order valence-corrected chi connectivity index (χ3v) is 4.27. The summed E-state index contributed by atoms with van der Waals surface area (Å²) in [4.78, 5) is 28.8. The van der Waals surface area contributed by atoms with E-state index in [4.69, 9.17) is 31.6 Å². The number of benzene rings is 2. The van der Waals surface area contributed by atoms with Crippen LogP contribution in [-0.2, 0) is 20.8 Å². The van der Waals surface area contributed by atoms with Crippen molar-refractivity contribution in [3.63, 3.8) is 0 Å². The number of nitrogens with two attached hydrogens (primary N) is 1. The molecule has 166 valence electrons. The Hall–Kier alpha value is -3.46. The fourth-order valence-corrected chi connectivity index (χ4v) is 2.64. The molecule has 1 atom stereocenters. The molecule has 31 heavy (non-hydrogen) atoms. The molecule has 2 aromatic carbocycles. The summed E-state index contributed by atoms with van der Waals surface area (Å²) in [5.74, 6) is 0.124. The number of hydrogen-bond acceptors (Lipinski definition) is 6. The van der Waals surface area contributed by atoms with Gasteiger partial charge in [-0.25, -0.2) is 9.59 Å². The van der Waals surface area contributed by atoms with Gasteiger partial charge in [0.05, 0.1) is 19.8 Å². The zero-order chi connectivity index (χ0) is 22.6. The molecule has 2 amide bonds. The van der Waals surface area contributed by atoms with Crippen molar-refractivity contribution in [1.29, 1.82) is 0 Å². The van der Waals surface area contributed by atoms with Crippen molar-refractivity contribution in [3.05, 3.63) is 59.1 Å². The smallest absolute Gasteiger partial charge is 0.347 e. The summed E-state index contributed by atoms with van der Waals surface area (Å²) in [5, 5.41) is 9.76. The molecule has 0 spiro atoms. The van der Waals surface area contributed by atoms with Crippen molar-refractivity contribution in [1.82, 2.24) is 5.32 Å². The van der Waals surface area contributed by atoms with Gasteiger partial charge in [-0.15, -0.1) is 0 Å². The number of rotatable bonds is 10. The third-order valence-electron chi connectivity index (χ3n) is 4.02. The normalized spacial score (nSPS) is 11.9. The first-order chi connectivity index (χ1) is 14.9. The van der Waals surface area contributed by atoms with Crippen LogP contribution in [0.15, 0.2) is 53.7 Å². The maximum Gasteiger partial charge on any atom is 0.347 e. The van der Waals surface area contributed by atoms with Crippen LogP contribution < -0.4 is 21.1 Å². The van der Waals surface area contributed by atoms with Gasteiger partial charge in [-0.05, 0) is 48.9 Å². The van der Waals surface area contributed by atoms with Crippen LogP contribution in [0, 0.1) is 0 Å². The number of carbonyl (C=O) groups excluding carboxylic acids is 2. The van der Waals surface area contributed by atoms with Crippen molar-refractivity contribution in [2.45, 2.75) is 19.4 Å². The average Bonchev–Trinajstić information content (AvgIpc) is 2.75. The quantitative estimate of drug-likeness (QED) is 0.222. The minimum Gasteiger partial charge on any atom is -0.497 e. The van der Waals surface area contributed by atoms with Crippen molar-refractivity contribution >= 4 is 35.1 Å². The summed E-state index contributed by atoms with van der Waals surface area (Å²) >= 11 is 5.86. The maximum atomic E-state index is 12.5. The van der Waals surface area contributed by atoms with E-state index >= 15 is 0 Å². The van der Waals surface area contributed by atoms with Crippen LogP contribution in [0.5, 0.6) is 5.75 Å². The molecule has 4 N–H and O–H groups in total. The van der Waals surface area contributed by atoms with E-state index in [1.165, 1.54) is 0 Å². The summed E-state index contributed by atoms with van der Waals surface area (Å²) in [6.45, 7) is 1.53. The van der Waals surface area contributed by atoms with E-state index in [1.54, 1.807) is 50.4 Å². The molecule has 0 unspecified atom stereocenters. The van der Waals surface area contributed by atoms with E-state index in [0.717, 1.165) is 5.56 Å². The standard InChI is InChI=1S/C21H25ClN4O5/c1-3-30-19(27)13-31-26-20(23)18(12-14-4-10-17(29-2)11-5-14)25-21(28)24-16-8-6-15(22)7-9-16/h4-11,18H,3,12-13H2,1-2H3,(H2,23,26)(H2,24,25,28)/t18-/m0/s1. The number of urea groups is 1. The second kappa shape index (κ2) is 12.3. The van der Waals surface area contributed by atoms with Crippen LogP contribution in [0.25, 0.3) is 0 Å². The molecule has 0 aliphatic rings. The largest absolute Gasteiger partial charge is 0.497 e. The van der Waals surface area contributed by atoms with E-state index in [-0.39, 0.29) is 19.0 Å². The molecule has 10 heteroatoms. The Balaban J connectivity index is 2.08. The number of amides is 2. The zero-order valence-corrected chi connectivity index (χ0v) is 18.0. The van der Waals surface area contributed by atoms with E-state index in [2.05, 4.69) is 15.8 Å². The number of ether oxygens (including phenoxy) is 2. The Morgan fingerprint density at radius 2 is 1.81 bits per heavy atom. The molecular formula is C21H25ClN4O5. The summed E-state index contributed by atoms with van der Waals surface area (Å²) in [5.41, 5.74) is 7.46. The van der Waals surface area contributed by atoms with Crippen LogP contribution in [-0.4, -0.2) is 44.2 Å².